The van der Waals surface area contributed by atoms with Crippen molar-refractivity contribution in [2.24, 2.45) is 5.92 Å². The van der Waals surface area contributed by atoms with E-state index < -0.39 is 17.8 Å². The summed E-state index contributed by atoms with van der Waals surface area (Å²) in [6, 6.07) is 0.0595. The van der Waals surface area contributed by atoms with Gasteiger partial charge in [-0.1, -0.05) is 19.8 Å². The second-order valence-electron chi connectivity index (χ2n) is 3.61. The number of carboxylic acid groups (broad SMARTS) is 1. The third kappa shape index (κ3) is 4.84. The summed E-state index contributed by atoms with van der Waals surface area (Å²) in [6.07, 6.45) is 3.02. The number of nitrogens with one attached hydrogen (secondary N) is 1. The second kappa shape index (κ2) is 6.40. The molecule has 2 atom stereocenters. The summed E-state index contributed by atoms with van der Waals surface area (Å²) in [5.41, 5.74) is 0. The van der Waals surface area contributed by atoms with Gasteiger partial charge in [-0.3, -0.25) is 9.59 Å². The van der Waals surface area contributed by atoms with Gasteiger partial charge in [0.25, 0.3) is 0 Å². The van der Waals surface area contributed by atoms with Crippen LogP contribution in [-0.4, -0.2) is 23.0 Å². The summed E-state index contributed by atoms with van der Waals surface area (Å²) < 4.78 is 0. The molecule has 0 heterocycles. The number of carbonyl (C=O) groups excluding carboxylic acids is 1. The van der Waals surface area contributed by atoms with Crippen molar-refractivity contribution in [2.75, 3.05) is 0 Å². The van der Waals surface area contributed by atoms with Gasteiger partial charge in [-0.05, 0) is 20.3 Å². The molecule has 82 valence electrons. The van der Waals surface area contributed by atoms with E-state index in [0.29, 0.717) is 0 Å². The highest BCUT2D eigenvalue weighted by Crippen LogP contribution is 2.02. The lowest BCUT2D eigenvalue weighted by molar-refractivity contribution is -0.146. The van der Waals surface area contributed by atoms with Gasteiger partial charge in [-0.25, -0.2) is 0 Å². The average molecular weight is 201 g/mol. The zero-order chi connectivity index (χ0) is 11.1. The minimum absolute atomic E-state index is 0.0595. The molecule has 0 saturated heterocycles. The summed E-state index contributed by atoms with van der Waals surface area (Å²) in [6.45, 7) is 5.36. The topological polar surface area (TPSA) is 66.4 Å². The van der Waals surface area contributed by atoms with Gasteiger partial charge in [0.1, 0.15) is 5.92 Å². The molecule has 0 fully saturated rings. The quantitative estimate of drug-likeness (QED) is 0.638. The molecule has 0 aromatic carbocycles. The molecule has 0 aromatic heterocycles. The minimum Gasteiger partial charge on any atom is -0.481 e. The van der Waals surface area contributed by atoms with Crippen molar-refractivity contribution in [3.8, 4) is 0 Å². The van der Waals surface area contributed by atoms with Crippen molar-refractivity contribution in [1.29, 1.82) is 0 Å². The molecule has 0 saturated carbocycles. The second-order valence-corrected chi connectivity index (χ2v) is 3.61. The third-order valence-electron chi connectivity index (χ3n) is 2.14. The van der Waals surface area contributed by atoms with E-state index in [2.05, 4.69) is 12.2 Å². The average Bonchev–Trinajstić information content (AvgIpc) is 2.13. The maximum atomic E-state index is 11.3. The molecular formula is C10H19NO3. The summed E-state index contributed by atoms with van der Waals surface area (Å²) >= 11 is 0. The Morgan fingerprint density at radius 3 is 2.36 bits per heavy atom. The molecule has 0 bridgehead atoms. The van der Waals surface area contributed by atoms with Crippen molar-refractivity contribution < 1.29 is 14.7 Å². The van der Waals surface area contributed by atoms with E-state index in [1.807, 2.05) is 6.92 Å². The van der Waals surface area contributed by atoms with Crippen LogP contribution in [0.25, 0.3) is 0 Å². The van der Waals surface area contributed by atoms with Crippen molar-refractivity contribution in [1.82, 2.24) is 5.32 Å². The van der Waals surface area contributed by atoms with Crippen LogP contribution in [0.15, 0.2) is 0 Å². The zero-order valence-corrected chi connectivity index (χ0v) is 9.04. The predicted octanol–water partition coefficient (Wildman–Crippen LogP) is 1.40. The van der Waals surface area contributed by atoms with Gasteiger partial charge in [0.15, 0.2) is 0 Å². The summed E-state index contributed by atoms with van der Waals surface area (Å²) in [5.74, 6) is -2.44. The van der Waals surface area contributed by atoms with Gasteiger partial charge in [-0.15, -0.1) is 0 Å². The summed E-state index contributed by atoms with van der Waals surface area (Å²) in [7, 11) is 0. The molecule has 2 N–H and O–H groups in total. The number of hydrogen-bond acceptors (Lipinski definition) is 2. The Labute approximate surface area is 84.7 Å². The van der Waals surface area contributed by atoms with E-state index in [1.165, 1.54) is 6.92 Å². The van der Waals surface area contributed by atoms with E-state index in [9.17, 15) is 9.59 Å². The number of carboxylic acids is 1. The molecule has 0 aliphatic carbocycles. The lowest BCUT2D eigenvalue weighted by atomic mass is 10.1. The van der Waals surface area contributed by atoms with Crippen LogP contribution in [0, 0.1) is 5.92 Å². The Bertz CT molecular complexity index is 204. The van der Waals surface area contributed by atoms with E-state index >= 15 is 0 Å². The summed E-state index contributed by atoms with van der Waals surface area (Å²) in [5, 5.41) is 11.3. The minimum atomic E-state index is -1.08. The Kier molecular flexibility index (Phi) is 5.92. The van der Waals surface area contributed by atoms with E-state index in [-0.39, 0.29) is 6.04 Å². The van der Waals surface area contributed by atoms with Gasteiger partial charge in [-0.2, -0.15) is 0 Å². The fourth-order valence-corrected chi connectivity index (χ4v) is 1.06. The van der Waals surface area contributed by atoms with Crippen LogP contribution in [0.3, 0.4) is 0 Å². The molecule has 0 radical (unpaired) electrons. The van der Waals surface area contributed by atoms with Gasteiger partial charge in [0.05, 0.1) is 0 Å². The zero-order valence-electron chi connectivity index (χ0n) is 9.04. The molecule has 0 aromatic rings. The summed E-state index contributed by atoms with van der Waals surface area (Å²) in [4.78, 5) is 21.7. The number of amides is 1. The highest BCUT2D eigenvalue weighted by molar-refractivity contribution is 5.96. The number of unbranched alkanes of at least 4 members (excludes halogenated alkanes) is 1. The molecule has 4 heteroatoms. The Balaban J connectivity index is 3.87. The van der Waals surface area contributed by atoms with E-state index in [0.717, 1.165) is 19.3 Å². The van der Waals surface area contributed by atoms with Crippen molar-refractivity contribution in [3.05, 3.63) is 0 Å². The molecule has 14 heavy (non-hydrogen) atoms. The number of rotatable bonds is 6. The third-order valence-corrected chi connectivity index (χ3v) is 2.14. The molecule has 0 aliphatic rings. The highest BCUT2D eigenvalue weighted by atomic mass is 16.4. The highest BCUT2D eigenvalue weighted by Gasteiger charge is 2.21. The fourth-order valence-electron chi connectivity index (χ4n) is 1.06. The van der Waals surface area contributed by atoms with Gasteiger partial charge >= 0.3 is 5.97 Å². The molecule has 0 rings (SSSR count). The van der Waals surface area contributed by atoms with Crippen LogP contribution < -0.4 is 5.32 Å². The largest absolute Gasteiger partial charge is 0.481 e. The molecule has 2 unspecified atom stereocenters. The fraction of sp³-hybridized carbons (Fsp3) is 0.800. The first-order valence-electron chi connectivity index (χ1n) is 5.02. The molecule has 4 nitrogen and oxygen atoms in total. The predicted molar refractivity (Wildman–Crippen MR) is 53.9 cm³/mol. The lowest BCUT2D eigenvalue weighted by Crippen LogP contribution is -2.39. The maximum Gasteiger partial charge on any atom is 0.315 e. The van der Waals surface area contributed by atoms with Crippen LogP contribution >= 0.6 is 0 Å². The Morgan fingerprint density at radius 2 is 1.93 bits per heavy atom. The molecule has 1 amide bonds. The van der Waals surface area contributed by atoms with Crippen LogP contribution in [-0.2, 0) is 9.59 Å². The lowest BCUT2D eigenvalue weighted by Gasteiger charge is -2.14. The molecule has 0 spiro atoms. The molecular weight excluding hydrogens is 182 g/mol. The number of carbonyl (C=O) groups is 2. The van der Waals surface area contributed by atoms with E-state index in [4.69, 9.17) is 5.11 Å². The van der Waals surface area contributed by atoms with Crippen LogP contribution in [0.5, 0.6) is 0 Å². The number of hydrogen-bond donors (Lipinski definition) is 2. The smallest absolute Gasteiger partial charge is 0.315 e. The standard InChI is InChI=1S/C10H19NO3/c1-4-5-6-7(2)11-9(12)8(3)10(13)14/h7-8H,4-6H2,1-3H3,(H,11,12)(H,13,14). The first-order valence-corrected chi connectivity index (χ1v) is 5.02. The van der Waals surface area contributed by atoms with Crippen molar-refractivity contribution in [3.63, 3.8) is 0 Å². The van der Waals surface area contributed by atoms with Crippen molar-refractivity contribution in [2.45, 2.75) is 46.1 Å². The monoisotopic (exact) mass is 201 g/mol. The van der Waals surface area contributed by atoms with Gasteiger partial charge in [0.2, 0.25) is 5.91 Å². The number of aliphatic carboxylic acids is 1. The molecule has 0 aliphatic heterocycles. The Morgan fingerprint density at radius 1 is 1.36 bits per heavy atom. The van der Waals surface area contributed by atoms with Crippen molar-refractivity contribution >= 4 is 11.9 Å². The van der Waals surface area contributed by atoms with Crippen LogP contribution in [0.1, 0.15) is 40.0 Å². The first kappa shape index (κ1) is 12.9. The first-order chi connectivity index (χ1) is 6.49. The SMILES string of the molecule is CCCCC(C)NC(=O)C(C)C(=O)O. The van der Waals surface area contributed by atoms with Gasteiger partial charge < -0.3 is 10.4 Å². The van der Waals surface area contributed by atoms with E-state index in [1.54, 1.807) is 0 Å². The normalized spacial score (nSPS) is 14.5. The van der Waals surface area contributed by atoms with Crippen LogP contribution in [0.4, 0.5) is 0 Å². The van der Waals surface area contributed by atoms with Crippen LogP contribution in [0.2, 0.25) is 0 Å². The maximum absolute atomic E-state index is 11.3. The Hall–Kier alpha value is -1.06. The van der Waals surface area contributed by atoms with Gasteiger partial charge in [0, 0.05) is 6.04 Å².